The van der Waals surface area contributed by atoms with Crippen LogP contribution in [-0.4, -0.2) is 23.5 Å². The van der Waals surface area contributed by atoms with Crippen molar-refractivity contribution in [3.8, 4) is 5.75 Å². The maximum Gasteiger partial charge on any atom is 0.223 e. The molecule has 0 aromatic heterocycles. The van der Waals surface area contributed by atoms with Crippen LogP contribution in [0, 0.1) is 5.82 Å². The summed E-state index contributed by atoms with van der Waals surface area (Å²) < 4.78 is 18.9. The fourth-order valence-electron chi connectivity index (χ4n) is 2.70. The lowest BCUT2D eigenvalue weighted by Gasteiger charge is -2.22. The minimum Gasteiger partial charge on any atom is -0.491 e. The van der Waals surface area contributed by atoms with Crippen molar-refractivity contribution < 1.29 is 13.9 Å². The van der Waals surface area contributed by atoms with Crippen LogP contribution < -0.4 is 4.74 Å². The molecule has 4 heteroatoms. The van der Waals surface area contributed by atoms with E-state index in [1.165, 1.54) is 6.07 Å². The van der Waals surface area contributed by atoms with Crippen molar-refractivity contribution in [2.75, 3.05) is 6.61 Å². The number of benzene rings is 2. The maximum absolute atomic E-state index is 13.5. The van der Waals surface area contributed by atoms with Gasteiger partial charge < -0.3 is 9.64 Å². The lowest BCUT2D eigenvalue weighted by Crippen LogP contribution is -2.32. The lowest BCUT2D eigenvalue weighted by atomic mass is 10.2. The summed E-state index contributed by atoms with van der Waals surface area (Å²) in [6, 6.07) is 16.8. The van der Waals surface area contributed by atoms with E-state index >= 15 is 0 Å². The summed E-state index contributed by atoms with van der Waals surface area (Å²) in [6.45, 7) is 1.01. The van der Waals surface area contributed by atoms with E-state index in [9.17, 15) is 9.18 Å². The van der Waals surface area contributed by atoms with Gasteiger partial charge in [0, 0.05) is 19.0 Å². The van der Waals surface area contributed by atoms with E-state index in [2.05, 4.69) is 0 Å². The first-order valence-electron chi connectivity index (χ1n) is 8.45. The van der Waals surface area contributed by atoms with Crippen molar-refractivity contribution >= 4 is 5.91 Å². The van der Waals surface area contributed by atoms with Gasteiger partial charge in [-0.25, -0.2) is 4.39 Å². The first-order valence-corrected chi connectivity index (χ1v) is 8.45. The number of hydrogen-bond donors (Lipinski definition) is 0. The number of para-hydroxylation sites is 1. The Morgan fingerprint density at radius 3 is 2.50 bits per heavy atom. The number of ether oxygens (including phenoxy) is 1. The number of hydrogen-bond acceptors (Lipinski definition) is 2. The average Bonchev–Trinajstić information content (AvgIpc) is 3.43. The molecule has 0 bridgehead atoms. The molecule has 1 saturated carbocycles. The molecule has 126 valence electrons. The van der Waals surface area contributed by atoms with Gasteiger partial charge in [-0.3, -0.25) is 4.79 Å². The van der Waals surface area contributed by atoms with Crippen molar-refractivity contribution in [1.82, 2.24) is 4.90 Å². The van der Waals surface area contributed by atoms with E-state index in [0.717, 1.165) is 18.4 Å². The molecule has 0 heterocycles. The summed E-state index contributed by atoms with van der Waals surface area (Å²) in [5, 5.41) is 0. The van der Waals surface area contributed by atoms with Crippen LogP contribution in [0.2, 0.25) is 0 Å². The van der Waals surface area contributed by atoms with Crippen LogP contribution in [0.1, 0.15) is 31.2 Å². The van der Waals surface area contributed by atoms with Crippen LogP contribution in [-0.2, 0) is 11.3 Å². The molecule has 1 aliphatic carbocycles. The smallest absolute Gasteiger partial charge is 0.223 e. The van der Waals surface area contributed by atoms with Crippen molar-refractivity contribution in [2.45, 2.75) is 38.3 Å². The monoisotopic (exact) mass is 327 g/mol. The number of carbonyl (C=O) groups is 1. The molecule has 0 atom stereocenters. The number of rotatable bonds is 8. The topological polar surface area (TPSA) is 29.5 Å². The Morgan fingerprint density at radius 1 is 1.08 bits per heavy atom. The number of carbonyl (C=O) groups excluding carboxylic acids is 1. The summed E-state index contributed by atoms with van der Waals surface area (Å²) in [6.07, 6.45) is 3.19. The third-order valence-corrected chi connectivity index (χ3v) is 4.13. The molecule has 1 amide bonds. The Morgan fingerprint density at radius 2 is 1.79 bits per heavy atom. The molecule has 0 aliphatic heterocycles. The third-order valence-electron chi connectivity index (χ3n) is 4.13. The van der Waals surface area contributed by atoms with E-state index < -0.39 is 0 Å². The van der Waals surface area contributed by atoms with Gasteiger partial charge in [-0.1, -0.05) is 42.5 Å². The number of halogens is 1. The number of amides is 1. The molecule has 0 saturated heterocycles. The van der Waals surface area contributed by atoms with Gasteiger partial charge in [-0.05, 0) is 37.0 Å². The van der Waals surface area contributed by atoms with Crippen LogP contribution in [0.4, 0.5) is 4.39 Å². The highest BCUT2D eigenvalue weighted by molar-refractivity contribution is 5.76. The summed E-state index contributed by atoms with van der Waals surface area (Å²) >= 11 is 0. The van der Waals surface area contributed by atoms with E-state index in [4.69, 9.17) is 4.74 Å². The van der Waals surface area contributed by atoms with Crippen LogP contribution >= 0.6 is 0 Å². The highest BCUT2D eigenvalue weighted by atomic mass is 19.1. The van der Waals surface area contributed by atoms with E-state index in [-0.39, 0.29) is 17.5 Å². The Kier molecular flexibility index (Phi) is 5.47. The van der Waals surface area contributed by atoms with E-state index in [1.807, 2.05) is 35.2 Å². The second kappa shape index (κ2) is 7.95. The Hall–Kier alpha value is -2.36. The van der Waals surface area contributed by atoms with Gasteiger partial charge in [-0.15, -0.1) is 0 Å². The van der Waals surface area contributed by atoms with Gasteiger partial charge in [0.1, 0.15) is 0 Å². The Balaban J connectivity index is 1.47. The van der Waals surface area contributed by atoms with Crippen molar-refractivity contribution in [1.29, 1.82) is 0 Å². The summed E-state index contributed by atoms with van der Waals surface area (Å²) in [5.41, 5.74) is 1.15. The molecule has 0 unspecified atom stereocenters. The molecule has 1 aliphatic rings. The lowest BCUT2D eigenvalue weighted by molar-refractivity contribution is -0.132. The second-order valence-corrected chi connectivity index (χ2v) is 6.12. The van der Waals surface area contributed by atoms with Gasteiger partial charge in [0.2, 0.25) is 5.91 Å². The van der Waals surface area contributed by atoms with Crippen molar-refractivity contribution in [3.05, 3.63) is 66.0 Å². The summed E-state index contributed by atoms with van der Waals surface area (Å²) in [5.74, 6) is 0.0271. The zero-order chi connectivity index (χ0) is 16.8. The second-order valence-electron chi connectivity index (χ2n) is 6.12. The van der Waals surface area contributed by atoms with Gasteiger partial charge in [-0.2, -0.15) is 0 Å². The number of nitrogens with zero attached hydrogens (tertiary/aromatic N) is 1. The first-order chi connectivity index (χ1) is 11.7. The highest BCUT2D eigenvalue weighted by Gasteiger charge is 2.32. The molecule has 0 N–H and O–H groups in total. The van der Waals surface area contributed by atoms with Crippen LogP contribution in [0.15, 0.2) is 54.6 Å². The largest absolute Gasteiger partial charge is 0.491 e. The molecule has 24 heavy (non-hydrogen) atoms. The molecule has 0 radical (unpaired) electrons. The predicted molar refractivity (Wildman–Crippen MR) is 91.1 cm³/mol. The molecule has 3 rings (SSSR count). The molecule has 2 aromatic rings. The average molecular weight is 327 g/mol. The van der Waals surface area contributed by atoms with Gasteiger partial charge >= 0.3 is 0 Å². The Bertz CT molecular complexity index is 670. The fraction of sp³-hybridized carbons (Fsp3) is 0.350. The normalized spacial score (nSPS) is 13.5. The Labute approximate surface area is 142 Å². The van der Waals surface area contributed by atoms with E-state index in [1.54, 1.807) is 18.2 Å². The van der Waals surface area contributed by atoms with Crippen LogP contribution in [0.5, 0.6) is 5.75 Å². The van der Waals surface area contributed by atoms with E-state index in [0.29, 0.717) is 32.0 Å². The molecule has 3 nitrogen and oxygen atoms in total. The molecular weight excluding hydrogens is 305 g/mol. The minimum absolute atomic E-state index is 0.151. The molecular formula is C20H22FNO2. The summed E-state index contributed by atoms with van der Waals surface area (Å²) in [4.78, 5) is 14.5. The van der Waals surface area contributed by atoms with Crippen LogP contribution in [0.25, 0.3) is 0 Å². The van der Waals surface area contributed by atoms with Gasteiger partial charge in [0.25, 0.3) is 0 Å². The van der Waals surface area contributed by atoms with Gasteiger partial charge in [0.15, 0.2) is 11.6 Å². The van der Waals surface area contributed by atoms with Crippen molar-refractivity contribution in [2.24, 2.45) is 0 Å². The summed E-state index contributed by atoms with van der Waals surface area (Å²) in [7, 11) is 0. The maximum atomic E-state index is 13.5. The molecule has 1 fully saturated rings. The third kappa shape index (κ3) is 4.57. The minimum atomic E-state index is -0.368. The fourth-order valence-corrected chi connectivity index (χ4v) is 2.70. The van der Waals surface area contributed by atoms with Crippen molar-refractivity contribution in [3.63, 3.8) is 0 Å². The molecule has 0 spiro atoms. The zero-order valence-electron chi connectivity index (χ0n) is 13.7. The zero-order valence-corrected chi connectivity index (χ0v) is 13.7. The first kappa shape index (κ1) is 16.5. The molecule has 2 aromatic carbocycles. The quantitative estimate of drug-likeness (QED) is 0.681. The van der Waals surface area contributed by atoms with Gasteiger partial charge in [0.05, 0.1) is 6.61 Å². The SMILES string of the molecule is O=C(CCCOc1ccccc1F)N(Cc1ccccc1)C1CC1. The predicted octanol–water partition coefficient (Wildman–Crippen LogP) is 4.18. The standard InChI is InChI=1S/C20H22FNO2/c21-18-9-4-5-10-19(18)24-14-6-11-20(23)22(17-12-13-17)15-16-7-2-1-3-8-16/h1-5,7-10,17H,6,11-15H2. The van der Waals surface area contributed by atoms with Crippen LogP contribution in [0.3, 0.4) is 0 Å². The highest BCUT2D eigenvalue weighted by Crippen LogP contribution is 2.29.